The number of terminal acetylenes is 2. The summed E-state index contributed by atoms with van der Waals surface area (Å²) >= 11 is 0. The van der Waals surface area contributed by atoms with Gasteiger partial charge in [0.2, 0.25) is 0 Å². The maximum absolute atomic E-state index is 12.0. The van der Waals surface area contributed by atoms with Crippen molar-refractivity contribution in [1.29, 1.82) is 0 Å². The molecule has 6 nitrogen and oxygen atoms in total. The highest BCUT2D eigenvalue weighted by Crippen LogP contribution is 2.50. The second kappa shape index (κ2) is 9.34. The highest BCUT2D eigenvalue weighted by Gasteiger charge is 2.32. The van der Waals surface area contributed by atoms with Gasteiger partial charge in [-0.25, -0.2) is 4.57 Å². The van der Waals surface area contributed by atoms with Gasteiger partial charge in [0.1, 0.15) is 11.2 Å². The van der Waals surface area contributed by atoms with Crippen LogP contribution in [0.4, 0.5) is 9.05 Å². The van der Waals surface area contributed by atoms with Gasteiger partial charge in [-0.1, -0.05) is 21.3 Å². The largest absolute Gasteiger partial charge is 0.537 e. The van der Waals surface area contributed by atoms with Crippen LogP contribution in [0.25, 0.3) is 0 Å². The van der Waals surface area contributed by atoms with Gasteiger partial charge in [-0.15, -0.1) is 12.8 Å². The average Bonchev–Trinajstić information content (AvgIpc) is 2.53. The van der Waals surface area contributed by atoms with Crippen LogP contribution in [-0.4, -0.2) is 31.0 Å². The average molecular weight is 354 g/mol. The first-order valence-corrected chi connectivity index (χ1v) is 8.08. The predicted octanol–water partition coefficient (Wildman–Crippen LogP) is 3.39. The van der Waals surface area contributed by atoms with Crippen molar-refractivity contribution in [3.05, 3.63) is 0 Å². The van der Waals surface area contributed by atoms with E-state index in [1.807, 2.05) is 0 Å². The third-order valence-electron chi connectivity index (χ3n) is 2.69. The fraction of sp³-hybridized carbons (Fsp3) is 0.714. The summed E-state index contributed by atoms with van der Waals surface area (Å²) in [5, 5.41) is 0. The Morgan fingerprint density at radius 1 is 0.957 bits per heavy atom. The van der Waals surface area contributed by atoms with Crippen molar-refractivity contribution in [2.24, 2.45) is 5.92 Å². The Balaban J connectivity index is 4.77. The molecule has 0 saturated carbocycles. The van der Waals surface area contributed by atoms with E-state index >= 15 is 0 Å². The zero-order chi connectivity index (χ0) is 18.1. The fourth-order valence-electron chi connectivity index (χ4n) is 1.13. The molecule has 0 aromatic rings. The van der Waals surface area contributed by atoms with Crippen LogP contribution in [0.15, 0.2) is 0 Å². The van der Waals surface area contributed by atoms with Crippen LogP contribution in [0.2, 0.25) is 0 Å². The molecule has 0 fully saturated rings. The first-order valence-electron chi connectivity index (χ1n) is 6.62. The highest BCUT2D eigenvalue weighted by molar-refractivity contribution is 7.48. The molecule has 0 radical (unpaired) electrons. The Morgan fingerprint density at radius 3 is 1.65 bits per heavy atom. The Kier molecular flexibility index (Phi) is 8.94. The molecule has 0 N–H and O–H groups in total. The lowest BCUT2D eigenvalue weighted by atomic mass is 10.1. The van der Waals surface area contributed by atoms with E-state index in [0.29, 0.717) is 0 Å². The molecule has 0 aliphatic carbocycles. The number of hydrogen-bond acceptors (Lipinski definition) is 6. The summed E-state index contributed by atoms with van der Waals surface area (Å²) in [6.07, 6.45) is 10.6. The van der Waals surface area contributed by atoms with Crippen LogP contribution >= 0.6 is 7.82 Å². The molecular weight excluding hydrogens is 333 g/mol. The zero-order valence-electron chi connectivity index (χ0n) is 13.5. The van der Waals surface area contributed by atoms with Crippen molar-refractivity contribution in [3.8, 4) is 24.7 Å². The minimum atomic E-state index is -4.90. The summed E-state index contributed by atoms with van der Waals surface area (Å²) < 4.78 is 56.3. The Hall–Kier alpha value is -0.990. The van der Waals surface area contributed by atoms with E-state index in [1.54, 1.807) is 27.7 Å². The zero-order valence-corrected chi connectivity index (χ0v) is 14.4. The van der Waals surface area contributed by atoms with Crippen LogP contribution in [0, 0.1) is 30.6 Å². The molecule has 0 aromatic carbocycles. The van der Waals surface area contributed by atoms with Crippen LogP contribution in [0.3, 0.4) is 0 Å². The smallest absolute Gasteiger partial charge is 0.362 e. The maximum Gasteiger partial charge on any atom is 0.537 e. The predicted molar refractivity (Wildman–Crippen MR) is 79.2 cm³/mol. The van der Waals surface area contributed by atoms with Gasteiger partial charge in [-0.2, -0.15) is 0 Å². The van der Waals surface area contributed by atoms with Crippen molar-refractivity contribution in [1.82, 2.24) is 0 Å². The minimum absolute atomic E-state index is 0.00355. The van der Waals surface area contributed by atoms with Crippen LogP contribution < -0.4 is 0 Å². The molecule has 0 amide bonds. The second-order valence-corrected chi connectivity index (χ2v) is 7.11. The molecular formula is C14H21F2O6P. The van der Waals surface area contributed by atoms with Gasteiger partial charge >= 0.3 is 7.82 Å². The lowest BCUT2D eigenvalue weighted by Gasteiger charge is -2.26. The van der Waals surface area contributed by atoms with E-state index in [2.05, 4.69) is 25.8 Å². The lowest BCUT2D eigenvalue weighted by Crippen LogP contribution is -2.32. The molecule has 132 valence electrons. The number of phosphoric acid groups is 1. The summed E-state index contributed by atoms with van der Waals surface area (Å²) in [7, 11) is -4.90. The molecule has 9 heteroatoms. The first-order chi connectivity index (χ1) is 10.5. The van der Waals surface area contributed by atoms with E-state index in [-0.39, 0.29) is 13.2 Å². The third kappa shape index (κ3) is 9.02. The standard InChI is InChI=1S/C14H21F2O6P/c1-7-13(3,4)18-9-12(10-19-14(5,6)8-2)11-20-23(17,21-15)22-16/h1-2,12H,9-11H2,3-6H3. The van der Waals surface area contributed by atoms with E-state index in [4.69, 9.17) is 22.3 Å². The monoisotopic (exact) mass is 354 g/mol. The molecule has 0 unspecified atom stereocenters. The summed E-state index contributed by atoms with van der Waals surface area (Å²) in [6.45, 7) is 6.16. The summed E-state index contributed by atoms with van der Waals surface area (Å²) in [4.78, 5) is 0. The van der Waals surface area contributed by atoms with Crippen molar-refractivity contribution in [2.75, 3.05) is 19.8 Å². The minimum Gasteiger partial charge on any atom is -0.362 e. The van der Waals surface area contributed by atoms with Gasteiger partial charge in [0.05, 0.1) is 19.8 Å². The van der Waals surface area contributed by atoms with Gasteiger partial charge < -0.3 is 9.47 Å². The quantitative estimate of drug-likeness (QED) is 0.419. The number of hydrogen-bond donors (Lipinski definition) is 0. The molecule has 0 aliphatic heterocycles. The van der Waals surface area contributed by atoms with Crippen LogP contribution in [-0.2, 0) is 28.0 Å². The van der Waals surface area contributed by atoms with Gasteiger partial charge in [0.25, 0.3) is 0 Å². The van der Waals surface area contributed by atoms with Gasteiger partial charge in [0.15, 0.2) is 0 Å². The Labute approximate surface area is 135 Å². The van der Waals surface area contributed by atoms with E-state index in [1.165, 1.54) is 0 Å². The van der Waals surface area contributed by atoms with E-state index < -0.39 is 31.5 Å². The normalized spacial score (nSPS) is 12.9. The number of halogens is 2. The molecule has 0 rings (SSSR count). The second-order valence-electron chi connectivity index (χ2n) is 5.68. The third-order valence-corrected chi connectivity index (χ3v) is 3.50. The topological polar surface area (TPSA) is 63.2 Å². The van der Waals surface area contributed by atoms with E-state index in [9.17, 15) is 13.6 Å². The fourth-order valence-corrected chi connectivity index (χ4v) is 1.62. The molecule has 0 heterocycles. The summed E-state index contributed by atoms with van der Waals surface area (Å²) in [6, 6.07) is 0. The van der Waals surface area contributed by atoms with Gasteiger partial charge in [-0.3, -0.25) is 4.52 Å². The Bertz CT molecular complexity index is 456. The lowest BCUT2D eigenvalue weighted by molar-refractivity contribution is -0.124. The Morgan fingerprint density at radius 2 is 1.35 bits per heavy atom. The summed E-state index contributed by atoms with van der Waals surface area (Å²) in [5.74, 6) is 4.24. The SMILES string of the molecule is C#CC(C)(C)OCC(COC(C)(C)C#C)COP(=O)(OF)OF. The van der Waals surface area contributed by atoms with Crippen LogP contribution in [0.5, 0.6) is 0 Å². The molecule has 0 saturated heterocycles. The van der Waals surface area contributed by atoms with Gasteiger partial charge in [-0.05, 0) is 36.7 Å². The first kappa shape index (κ1) is 22.0. The van der Waals surface area contributed by atoms with Crippen molar-refractivity contribution in [3.63, 3.8) is 0 Å². The summed E-state index contributed by atoms with van der Waals surface area (Å²) in [5.41, 5.74) is -1.76. The van der Waals surface area contributed by atoms with Crippen molar-refractivity contribution < 1.29 is 37.1 Å². The number of rotatable bonds is 11. The maximum atomic E-state index is 12.0. The van der Waals surface area contributed by atoms with Crippen LogP contribution in [0.1, 0.15) is 27.7 Å². The molecule has 0 aromatic heterocycles. The molecule has 0 atom stereocenters. The molecule has 0 bridgehead atoms. The van der Waals surface area contributed by atoms with Crippen molar-refractivity contribution in [2.45, 2.75) is 38.9 Å². The van der Waals surface area contributed by atoms with Gasteiger partial charge in [0, 0.05) is 5.92 Å². The van der Waals surface area contributed by atoms with E-state index in [0.717, 1.165) is 0 Å². The highest BCUT2D eigenvalue weighted by atomic mass is 31.2. The molecule has 0 aliphatic rings. The number of ether oxygens (including phenoxy) is 2. The molecule has 0 spiro atoms. The molecule has 23 heavy (non-hydrogen) atoms. The van der Waals surface area contributed by atoms with Crippen molar-refractivity contribution >= 4 is 7.82 Å².